The first-order chi connectivity index (χ1) is 9.02. The van der Waals surface area contributed by atoms with Gasteiger partial charge in [-0.2, -0.15) is 4.31 Å². The van der Waals surface area contributed by atoms with E-state index >= 15 is 0 Å². The molecule has 19 heavy (non-hydrogen) atoms. The zero-order chi connectivity index (χ0) is 13.6. The lowest BCUT2D eigenvalue weighted by atomic mass is 10.3. The summed E-state index contributed by atoms with van der Waals surface area (Å²) in [4.78, 5) is -0.123. The standard InChI is InChI=1S/C12H14FNO4S/c1-17-11-3-2-8(13)4-12(11)19(15,16)14-6-10-5-9(14)7-18-10/h2-4,9-10H,5-7H2,1H3. The van der Waals surface area contributed by atoms with Gasteiger partial charge in [0, 0.05) is 6.54 Å². The number of hydrogen-bond donors (Lipinski definition) is 0. The van der Waals surface area contributed by atoms with Gasteiger partial charge in [0.15, 0.2) is 0 Å². The largest absolute Gasteiger partial charge is 0.495 e. The first-order valence-electron chi connectivity index (χ1n) is 5.99. The van der Waals surface area contributed by atoms with Crippen LogP contribution in [0.5, 0.6) is 5.75 Å². The van der Waals surface area contributed by atoms with Crippen molar-refractivity contribution in [1.29, 1.82) is 0 Å². The number of hydrogen-bond acceptors (Lipinski definition) is 4. The second-order valence-electron chi connectivity index (χ2n) is 4.71. The van der Waals surface area contributed by atoms with Crippen LogP contribution in [0.1, 0.15) is 6.42 Å². The fourth-order valence-corrected chi connectivity index (χ4v) is 4.46. The molecule has 0 radical (unpaired) electrons. The molecule has 2 aliphatic rings. The molecule has 7 heteroatoms. The van der Waals surface area contributed by atoms with Crippen LogP contribution in [0.4, 0.5) is 4.39 Å². The normalized spacial score (nSPS) is 26.8. The summed E-state index contributed by atoms with van der Waals surface area (Å²) in [7, 11) is -2.38. The number of ether oxygens (including phenoxy) is 2. The molecule has 5 nitrogen and oxygen atoms in total. The van der Waals surface area contributed by atoms with Crippen molar-refractivity contribution in [3.05, 3.63) is 24.0 Å². The zero-order valence-corrected chi connectivity index (χ0v) is 11.2. The highest BCUT2D eigenvalue weighted by molar-refractivity contribution is 7.89. The molecule has 104 valence electrons. The molecule has 0 spiro atoms. The maximum Gasteiger partial charge on any atom is 0.247 e. The van der Waals surface area contributed by atoms with Gasteiger partial charge in [-0.3, -0.25) is 0 Å². The van der Waals surface area contributed by atoms with Crippen LogP contribution in [0, 0.1) is 5.82 Å². The third-order valence-electron chi connectivity index (χ3n) is 3.56. The lowest BCUT2D eigenvalue weighted by molar-refractivity contribution is 0.0608. The van der Waals surface area contributed by atoms with E-state index in [9.17, 15) is 12.8 Å². The molecule has 2 unspecified atom stereocenters. The molecule has 1 aromatic rings. The smallest absolute Gasteiger partial charge is 0.247 e. The van der Waals surface area contributed by atoms with Gasteiger partial charge in [0.25, 0.3) is 0 Å². The Kier molecular flexibility index (Phi) is 2.99. The summed E-state index contributed by atoms with van der Waals surface area (Å²) in [6, 6.07) is 3.36. The predicted molar refractivity (Wildman–Crippen MR) is 65.0 cm³/mol. The number of fused-ring (bicyclic) bond motifs is 2. The zero-order valence-electron chi connectivity index (χ0n) is 10.4. The summed E-state index contributed by atoms with van der Waals surface area (Å²) < 4.78 is 50.3. The molecule has 0 N–H and O–H groups in total. The molecule has 0 amide bonds. The maximum absolute atomic E-state index is 13.3. The third kappa shape index (κ3) is 2.01. The summed E-state index contributed by atoms with van der Waals surface area (Å²) in [5.74, 6) is -0.440. The van der Waals surface area contributed by atoms with Gasteiger partial charge >= 0.3 is 0 Å². The summed E-state index contributed by atoms with van der Waals surface area (Å²) in [6.45, 7) is 0.730. The number of halogens is 1. The van der Waals surface area contributed by atoms with Crippen molar-refractivity contribution in [3.63, 3.8) is 0 Å². The van der Waals surface area contributed by atoms with E-state index in [1.807, 2.05) is 0 Å². The summed E-state index contributed by atoms with van der Waals surface area (Å²) in [6.07, 6.45) is 0.663. The van der Waals surface area contributed by atoms with E-state index in [1.54, 1.807) is 0 Å². The fourth-order valence-electron chi connectivity index (χ4n) is 2.64. The molecule has 1 aromatic carbocycles. The molecule has 3 rings (SSSR count). The second-order valence-corrected chi connectivity index (χ2v) is 6.57. The van der Waals surface area contributed by atoms with Gasteiger partial charge in [-0.05, 0) is 24.6 Å². The molecule has 0 aromatic heterocycles. The number of nitrogens with zero attached hydrogens (tertiary/aromatic N) is 1. The Balaban J connectivity index is 2.03. The number of sulfonamides is 1. The van der Waals surface area contributed by atoms with Crippen molar-refractivity contribution in [2.75, 3.05) is 20.3 Å². The van der Waals surface area contributed by atoms with E-state index in [-0.39, 0.29) is 22.8 Å². The Hall–Kier alpha value is -1.18. The Morgan fingerprint density at radius 3 is 2.84 bits per heavy atom. The van der Waals surface area contributed by atoms with Crippen molar-refractivity contribution in [3.8, 4) is 5.75 Å². The molecule has 0 saturated carbocycles. The van der Waals surface area contributed by atoms with Gasteiger partial charge in [-0.25, -0.2) is 12.8 Å². The minimum Gasteiger partial charge on any atom is -0.495 e. The molecular weight excluding hydrogens is 273 g/mol. The van der Waals surface area contributed by atoms with E-state index in [1.165, 1.54) is 23.5 Å². The summed E-state index contributed by atoms with van der Waals surface area (Å²) in [5, 5.41) is 0. The van der Waals surface area contributed by atoms with Crippen molar-refractivity contribution in [2.45, 2.75) is 23.5 Å². The highest BCUT2D eigenvalue weighted by atomic mass is 32.2. The minimum absolute atomic E-state index is 0.0423. The topological polar surface area (TPSA) is 55.8 Å². The highest BCUT2D eigenvalue weighted by Crippen LogP contribution is 2.35. The van der Waals surface area contributed by atoms with E-state index in [4.69, 9.17) is 9.47 Å². The van der Waals surface area contributed by atoms with Gasteiger partial charge in [-0.15, -0.1) is 0 Å². The van der Waals surface area contributed by atoms with Crippen LogP contribution >= 0.6 is 0 Å². The molecule has 2 atom stereocenters. The lowest BCUT2D eigenvalue weighted by Crippen LogP contribution is -2.41. The second kappa shape index (κ2) is 4.43. The van der Waals surface area contributed by atoms with Crippen molar-refractivity contribution < 1.29 is 22.3 Å². The van der Waals surface area contributed by atoms with E-state index in [0.717, 1.165) is 6.07 Å². The van der Waals surface area contributed by atoms with Crippen LogP contribution in [0.2, 0.25) is 0 Å². The highest BCUT2D eigenvalue weighted by Gasteiger charge is 2.46. The number of methoxy groups -OCH3 is 1. The lowest BCUT2D eigenvalue weighted by Gasteiger charge is -2.26. The Labute approximate surface area is 111 Å². The van der Waals surface area contributed by atoms with Crippen LogP contribution in [-0.4, -0.2) is 45.1 Å². The first-order valence-corrected chi connectivity index (χ1v) is 7.43. The number of benzene rings is 1. The molecule has 0 aliphatic carbocycles. The van der Waals surface area contributed by atoms with Crippen molar-refractivity contribution in [1.82, 2.24) is 4.31 Å². The Morgan fingerprint density at radius 2 is 2.26 bits per heavy atom. The monoisotopic (exact) mass is 287 g/mol. The molecule has 2 aliphatic heterocycles. The number of rotatable bonds is 3. The summed E-state index contributed by atoms with van der Waals surface area (Å²) in [5.41, 5.74) is 0. The van der Waals surface area contributed by atoms with Crippen molar-refractivity contribution >= 4 is 10.0 Å². The molecular formula is C12H14FNO4S. The quantitative estimate of drug-likeness (QED) is 0.832. The Bertz CT molecular complexity index is 604. The average Bonchev–Trinajstić information content (AvgIpc) is 3.01. The van der Waals surface area contributed by atoms with Gasteiger partial charge in [-0.1, -0.05) is 0 Å². The van der Waals surface area contributed by atoms with Gasteiger partial charge in [0.1, 0.15) is 16.5 Å². The van der Waals surface area contributed by atoms with Crippen molar-refractivity contribution in [2.24, 2.45) is 0 Å². The molecule has 2 saturated heterocycles. The van der Waals surface area contributed by atoms with Crippen LogP contribution in [0.25, 0.3) is 0 Å². The van der Waals surface area contributed by atoms with Crippen LogP contribution in [0.15, 0.2) is 23.1 Å². The van der Waals surface area contributed by atoms with Gasteiger partial charge in [0.2, 0.25) is 10.0 Å². The molecule has 2 fully saturated rings. The van der Waals surface area contributed by atoms with Gasteiger partial charge < -0.3 is 9.47 Å². The molecule has 2 heterocycles. The third-order valence-corrected chi connectivity index (χ3v) is 5.50. The number of morpholine rings is 1. The summed E-state index contributed by atoms with van der Waals surface area (Å²) >= 11 is 0. The SMILES string of the molecule is COc1ccc(F)cc1S(=O)(=O)N1CC2CC1CO2. The van der Waals surface area contributed by atoms with Crippen LogP contribution in [0.3, 0.4) is 0 Å². The van der Waals surface area contributed by atoms with Crippen LogP contribution < -0.4 is 4.74 Å². The molecule has 2 bridgehead atoms. The van der Waals surface area contributed by atoms with Gasteiger partial charge in [0.05, 0.1) is 25.9 Å². The van der Waals surface area contributed by atoms with E-state index < -0.39 is 15.8 Å². The predicted octanol–water partition coefficient (Wildman–Crippen LogP) is 0.996. The minimum atomic E-state index is -3.75. The average molecular weight is 287 g/mol. The first kappa shape index (κ1) is 12.8. The van der Waals surface area contributed by atoms with Crippen LogP contribution in [-0.2, 0) is 14.8 Å². The van der Waals surface area contributed by atoms with E-state index in [0.29, 0.717) is 19.6 Å². The van der Waals surface area contributed by atoms with E-state index in [2.05, 4.69) is 0 Å². The Morgan fingerprint density at radius 1 is 1.47 bits per heavy atom. The maximum atomic E-state index is 13.3. The fraction of sp³-hybridized carbons (Fsp3) is 0.500.